The zero-order valence-corrected chi connectivity index (χ0v) is 17.5. The molecule has 1 aromatic rings. The number of benzene rings is 1. The van der Waals surface area contributed by atoms with Crippen LogP contribution in [0.25, 0.3) is 0 Å². The number of carbonyl (C=O) groups is 4. The number of nitrogens with zero attached hydrogens (tertiary/aromatic N) is 2. The molecule has 3 aliphatic rings. The number of β-amino-alcohol motifs (C(OH)–C–C–N with tert-alkyl or cyclic N) is 1. The van der Waals surface area contributed by atoms with Crippen LogP contribution in [0.3, 0.4) is 0 Å². The van der Waals surface area contributed by atoms with Gasteiger partial charge >= 0.3 is 6.18 Å². The molecule has 178 valence electrons. The van der Waals surface area contributed by atoms with Gasteiger partial charge in [0.05, 0.1) is 13.1 Å². The highest BCUT2D eigenvalue weighted by molar-refractivity contribution is 6.05. The zero-order valence-electron chi connectivity index (χ0n) is 17.5. The molecule has 3 aliphatic heterocycles. The van der Waals surface area contributed by atoms with Crippen molar-refractivity contribution in [2.75, 3.05) is 19.7 Å². The number of amides is 4. The normalized spacial score (nSPS) is 25.7. The van der Waals surface area contributed by atoms with Crippen molar-refractivity contribution in [3.63, 3.8) is 0 Å². The molecule has 2 atom stereocenters. The van der Waals surface area contributed by atoms with E-state index in [9.17, 15) is 37.5 Å². The maximum atomic E-state index is 13.1. The minimum atomic E-state index is -4.85. The largest absolute Gasteiger partial charge is 0.483 e. The second kappa shape index (κ2) is 8.32. The number of hydrogen-bond acceptors (Lipinski definition) is 6. The number of imide groups is 1. The van der Waals surface area contributed by atoms with E-state index in [0.29, 0.717) is 5.56 Å². The summed E-state index contributed by atoms with van der Waals surface area (Å²) in [4.78, 5) is 51.1. The van der Waals surface area contributed by atoms with Gasteiger partial charge in [0, 0.05) is 24.1 Å². The minimum absolute atomic E-state index is 0.00208. The van der Waals surface area contributed by atoms with E-state index < -0.39 is 61.0 Å². The fourth-order valence-electron chi connectivity index (χ4n) is 4.40. The van der Waals surface area contributed by atoms with Gasteiger partial charge in [0.15, 0.2) is 12.2 Å². The molecule has 3 heterocycles. The van der Waals surface area contributed by atoms with Gasteiger partial charge in [-0.3, -0.25) is 24.5 Å². The summed E-state index contributed by atoms with van der Waals surface area (Å²) in [6.45, 7) is -1.35. The van der Waals surface area contributed by atoms with Crippen LogP contribution in [0, 0.1) is 0 Å². The molecule has 0 saturated carbocycles. The average Bonchev–Trinajstić information content (AvgIpc) is 3.08. The van der Waals surface area contributed by atoms with Crippen molar-refractivity contribution < 1.29 is 42.2 Å². The van der Waals surface area contributed by atoms with Crippen molar-refractivity contribution in [3.8, 4) is 5.75 Å². The Morgan fingerprint density at radius 3 is 2.73 bits per heavy atom. The van der Waals surface area contributed by atoms with Crippen LogP contribution in [0.2, 0.25) is 0 Å². The Hall–Kier alpha value is -3.15. The molecule has 0 radical (unpaired) electrons. The van der Waals surface area contributed by atoms with Gasteiger partial charge in [-0.1, -0.05) is 6.07 Å². The molecule has 2 N–H and O–H groups in total. The molecule has 0 spiro atoms. The Kier molecular flexibility index (Phi) is 5.81. The van der Waals surface area contributed by atoms with Crippen LogP contribution in [-0.2, 0) is 20.9 Å². The number of nitrogens with one attached hydrogen (secondary N) is 1. The number of rotatable bonds is 4. The summed E-state index contributed by atoms with van der Waals surface area (Å²) < 4.78 is 45.0. The highest BCUT2D eigenvalue weighted by Gasteiger charge is 2.56. The van der Waals surface area contributed by atoms with Crippen LogP contribution in [0.15, 0.2) is 18.2 Å². The number of piperidine rings is 2. The third kappa shape index (κ3) is 4.26. The molecule has 2 saturated heterocycles. The first-order chi connectivity index (χ1) is 15.5. The van der Waals surface area contributed by atoms with Gasteiger partial charge in [-0.05, 0) is 31.4 Å². The second-order valence-electron chi connectivity index (χ2n) is 8.42. The highest BCUT2D eigenvalue weighted by atomic mass is 19.4. The van der Waals surface area contributed by atoms with Crippen molar-refractivity contribution in [1.82, 2.24) is 15.1 Å². The first kappa shape index (κ1) is 23.0. The predicted octanol–water partition coefficient (Wildman–Crippen LogP) is 0.742. The van der Waals surface area contributed by atoms with Gasteiger partial charge in [-0.15, -0.1) is 0 Å². The highest BCUT2D eigenvalue weighted by Crippen LogP contribution is 2.37. The Morgan fingerprint density at radius 1 is 1.27 bits per heavy atom. The number of aliphatic hydroxyl groups is 1. The molecule has 9 nitrogen and oxygen atoms in total. The first-order valence-electron chi connectivity index (χ1n) is 10.5. The SMILES string of the molecule is O=C1CCC(N2Cc3c(OCC(=O)N4CCCC(O)(C(F)(F)F)C4)cccc3C2=O)C(=O)N1. The average molecular weight is 469 g/mol. The number of halogens is 3. The standard InChI is InChI=1S/C21H22F3N3O6/c22-21(23,24)20(32)7-2-8-26(11-20)17(29)10-33-15-4-1-3-12-13(15)9-27(19(12)31)14-5-6-16(28)25-18(14)30/h1,3-4,14,32H,2,5-11H2,(H,25,28,30). The monoisotopic (exact) mass is 469 g/mol. The third-order valence-corrected chi connectivity index (χ3v) is 6.24. The molecule has 0 aliphatic carbocycles. The molecule has 4 rings (SSSR count). The molecule has 4 amide bonds. The smallest absolute Gasteiger partial charge is 0.418 e. The Bertz CT molecular complexity index is 1010. The minimum Gasteiger partial charge on any atom is -0.483 e. The number of alkyl halides is 3. The molecule has 2 unspecified atom stereocenters. The van der Waals surface area contributed by atoms with E-state index in [1.54, 1.807) is 6.07 Å². The molecule has 33 heavy (non-hydrogen) atoms. The summed E-state index contributed by atoms with van der Waals surface area (Å²) in [6, 6.07) is 3.79. The van der Waals surface area contributed by atoms with Crippen molar-refractivity contribution in [2.24, 2.45) is 0 Å². The van der Waals surface area contributed by atoms with Crippen molar-refractivity contribution in [1.29, 1.82) is 0 Å². The van der Waals surface area contributed by atoms with Gasteiger partial charge in [-0.2, -0.15) is 13.2 Å². The fourth-order valence-corrected chi connectivity index (χ4v) is 4.40. The van der Waals surface area contributed by atoms with E-state index in [4.69, 9.17) is 4.74 Å². The lowest BCUT2D eigenvalue weighted by molar-refractivity contribution is -0.272. The maximum Gasteiger partial charge on any atom is 0.418 e. The lowest BCUT2D eigenvalue weighted by atomic mass is 9.92. The van der Waals surface area contributed by atoms with E-state index in [2.05, 4.69) is 5.32 Å². The molecule has 12 heteroatoms. The first-order valence-corrected chi connectivity index (χ1v) is 10.5. The van der Waals surface area contributed by atoms with Crippen LogP contribution in [0.4, 0.5) is 13.2 Å². The molecular weight excluding hydrogens is 447 g/mol. The van der Waals surface area contributed by atoms with Gasteiger partial charge < -0.3 is 19.6 Å². The molecule has 0 aromatic heterocycles. The maximum absolute atomic E-state index is 13.1. The Balaban J connectivity index is 1.44. The summed E-state index contributed by atoms with van der Waals surface area (Å²) in [5, 5.41) is 12.1. The van der Waals surface area contributed by atoms with Crippen molar-refractivity contribution >= 4 is 23.6 Å². The number of hydrogen-bond donors (Lipinski definition) is 2. The van der Waals surface area contributed by atoms with Crippen molar-refractivity contribution in [3.05, 3.63) is 29.3 Å². The van der Waals surface area contributed by atoms with Gasteiger partial charge in [0.2, 0.25) is 11.8 Å². The van der Waals surface area contributed by atoms with Crippen LogP contribution < -0.4 is 10.1 Å². The summed E-state index contributed by atoms with van der Waals surface area (Å²) in [5.41, 5.74) is -2.22. The van der Waals surface area contributed by atoms with Crippen molar-refractivity contribution in [2.45, 2.75) is 50.0 Å². The number of ether oxygens (including phenoxy) is 1. The zero-order chi connectivity index (χ0) is 24.0. The van der Waals surface area contributed by atoms with Gasteiger partial charge in [-0.25, -0.2) is 0 Å². The van der Waals surface area contributed by atoms with E-state index >= 15 is 0 Å². The number of carbonyl (C=O) groups excluding carboxylic acids is 4. The summed E-state index contributed by atoms with van der Waals surface area (Å²) in [5.74, 6) is -1.90. The summed E-state index contributed by atoms with van der Waals surface area (Å²) in [7, 11) is 0. The van der Waals surface area contributed by atoms with E-state index in [0.717, 1.165) is 4.90 Å². The quantitative estimate of drug-likeness (QED) is 0.629. The fraction of sp³-hybridized carbons (Fsp3) is 0.524. The Morgan fingerprint density at radius 2 is 2.03 bits per heavy atom. The van der Waals surface area contributed by atoms with Crippen LogP contribution in [0.1, 0.15) is 41.6 Å². The third-order valence-electron chi connectivity index (χ3n) is 6.24. The second-order valence-corrected chi connectivity index (χ2v) is 8.42. The summed E-state index contributed by atoms with van der Waals surface area (Å²) >= 11 is 0. The topological polar surface area (TPSA) is 116 Å². The number of likely N-dealkylation sites (tertiary alicyclic amines) is 1. The van der Waals surface area contributed by atoms with Crippen LogP contribution >= 0.6 is 0 Å². The lowest BCUT2D eigenvalue weighted by Gasteiger charge is -2.40. The van der Waals surface area contributed by atoms with Crippen LogP contribution in [0.5, 0.6) is 5.75 Å². The predicted molar refractivity (Wildman–Crippen MR) is 105 cm³/mol. The summed E-state index contributed by atoms with van der Waals surface area (Å²) in [6.07, 6.45) is -5.04. The molecule has 1 aromatic carbocycles. The molecular formula is C21H22F3N3O6. The number of fused-ring (bicyclic) bond motifs is 1. The Labute approximate surface area is 186 Å². The van der Waals surface area contributed by atoms with E-state index in [1.807, 2.05) is 0 Å². The van der Waals surface area contributed by atoms with Gasteiger partial charge in [0.1, 0.15) is 11.8 Å². The van der Waals surface area contributed by atoms with E-state index in [-0.39, 0.29) is 43.7 Å². The molecule has 2 fully saturated rings. The lowest BCUT2D eigenvalue weighted by Crippen LogP contribution is -2.58. The molecule has 0 bridgehead atoms. The van der Waals surface area contributed by atoms with Crippen LogP contribution in [-0.4, -0.2) is 76.1 Å². The van der Waals surface area contributed by atoms with E-state index in [1.165, 1.54) is 17.0 Å². The van der Waals surface area contributed by atoms with Gasteiger partial charge in [0.25, 0.3) is 11.8 Å².